The SMILES string of the molecule is Fc1cc(F)c(C(Cl)c2ccc(F)c(Br)c2)cc1F. The summed E-state index contributed by atoms with van der Waals surface area (Å²) in [6, 6.07) is 4.97. The van der Waals surface area contributed by atoms with Gasteiger partial charge in [0.1, 0.15) is 11.6 Å². The van der Waals surface area contributed by atoms with Gasteiger partial charge < -0.3 is 0 Å². The minimum absolute atomic E-state index is 0.152. The summed E-state index contributed by atoms with van der Waals surface area (Å²) in [4.78, 5) is 0. The molecule has 0 saturated carbocycles. The first-order valence-corrected chi connectivity index (χ1v) is 6.36. The predicted molar refractivity (Wildman–Crippen MR) is 68.1 cm³/mol. The predicted octanol–water partition coefficient (Wildman–Crippen LogP) is 5.33. The quantitative estimate of drug-likeness (QED) is 0.389. The van der Waals surface area contributed by atoms with E-state index in [0.717, 1.165) is 6.07 Å². The molecule has 100 valence electrons. The lowest BCUT2D eigenvalue weighted by atomic mass is 10.0. The van der Waals surface area contributed by atoms with Gasteiger partial charge in [0.25, 0.3) is 0 Å². The highest BCUT2D eigenvalue weighted by atomic mass is 79.9. The molecule has 2 rings (SSSR count). The Morgan fingerprint density at radius 1 is 0.842 bits per heavy atom. The molecule has 0 aromatic heterocycles. The van der Waals surface area contributed by atoms with Crippen molar-refractivity contribution in [2.24, 2.45) is 0 Å². The molecule has 19 heavy (non-hydrogen) atoms. The van der Waals surface area contributed by atoms with E-state index in [0.29, 0.717) is 17.7 Å². The fourth-order valence-electron chi connectivity index (χ4n) is 1.58. The van der Waals surface area contributed by atoms with Gasteiger partial charge in [0.2, 0.25) is 0 Å². The molecule has 0 N–H and O–H groups in total. The molecule has 0 bridgehead atoms. The van der Waals surface area contributed by atoms with Gasteiger partial charge >= 0.3 is 0 Å². The summed E-state index contributed by atoms with van der Waals surface area (Å²) in [5.74, 6) is -3.94. The fourth-order valence-corrected chi connectivity index (χ4v) is 2.28. The minimum atomic E-state index is -1.29. The maximum absolute atomic E-state index is 13.6. The Labute approximate surface area is 120 Å². The van der Waals surface area contributed by atoms with Crippen LogP contribution in [0.5, 0.6) is 0 Å². The second-order valence-electron chi connectivity index (χ2n) is 3.82. The molecule has 0 amide bonds. The van der Waals surface area contributed by atoms with Crippen LogP contribution in [-0.4, -0.2) is 0 Å². The largest absolute Gasteiger partial charge is 0.207 e. The highest BCUT2D eigenvalue weighted by Gasteiger charge is 2.19. The molecule has 0 nitrogen and oxygen atoms in total. The third-order valence-corrected chi connectivity index (χ3v) is 3.64. The smallest absolute Gasteiger partial charge is 0.161 e. The van der Waals surface area contributed by atoms with Crippen LogP contribution in [0.25, 0.3) is 0 Å². The zero-order valence-electron chi connectivity index (χ0n) is 9.23. The van der Waals surface area contributed by atoms with Gasteiger partial charge in [-0.3, -0.25) is 0 Å². The molecule has 0 radical (unpaired) electrons. The van der Waals surface area contributed by atoms with Gasteiger partial charge in [0.05, 0.1) is 9.85 Å². The summed E-state index contributed by atoms with van der Waals surface area (Å²) < 4.78 is 52.7. The Kier molecular flexibility index (Phi) is 4.16. The second-order valence-corrected chi connectivity index (χ2v) is 5.11. The van der Waals surface area contributed by atoms with Crippen molar-refractivity contribution in [2.75, 3.05) is 0 Å². The molecule has 0 saturated heterocycles. The number of halogens is 6. The first-order valence-electron chi connectivity index (χ1n) is 5.13. The van der Waals surface area contributed by atoms with Crippen molar-refractivity contribution >= 4 is 27.5 Å². The van der Waals surface area contributed by atoms with Crippen LogP contribution in [0.1, 0.15) is 16.5 Å². The zero-order valence-corrected chi connectivity index (χ0v) is 11.6. The van der Waals surface area contributed by atoms with Crippen LogP contribution in [0.2, 0.25) is 0 Å². The van der Waals surface area contributed by atoms with E-state index < -0.39 is 28.6 Å². The van der Waals surface area contributed by atoms with Gasteiger partial charge in [-0.1, -0.05) is 6.07 Å². The van der Waals surface area contributed by atoms with Gasteiger partial charge in [-0.25, -0.2) is 17.6 Å². The second kappa shape index (κ2) is 5.51. The Morgan fingerprint density at radius 2 is 1.47 bits per heavy atom. The van der Waals surface area contributed by atoms with Gasteiger partial charge in [0, 0.05) is 11.6 Å². The van der Waals surface area contributed by atoms with Gasteiger partial charge in [-0.2, -0.15) is 0 Å². The summed E-state index contributed by atoms with van der Waals surface area (Å²) >= 11 is 8.98. The van der Waals surface area contributed by atoms with Crippen molar-refractivity contribution < 1.29 is 17.6 Å². The van der Waals surface area contributed by atoms with Crippen molar-refractivity contribution in [3.63, 3.8) is 0 Å². The standard InChI is InChI=1S/C13H6BrClF4/c14-8-3-6(1-2-9(8)16)13(15)7-4-11(18)12(19)5-10(7)17/h1-5,13H. The molecule has 0 aliphatic carbocycles. The average Bonchev–Trinajstić information content (AvgIpc) is 2.36. The number of rotatable bonds is 2. The molecule has 2 aromatic carbocycles. The first-order chi connectivity index (χ1) is 8.90. The topological polar surface area (TPSA) is 0 Å². The van der Waals surface area contributed by atoms with Crippen molar-refractivity contribution in [1.29, 1.82) is 0 Å². The Morgan fingerprint density at radius 3 is 2.11 bits per heavy atom. The van der Waals surface area contributed by atoms with E-state index in [1.165, 1.54) is 12.1 Å². The molecular weight excluding hydrogens is 347 g/mol. The molecule has 1 unspecified atom stereocenters. The molecule has 0 heterocycles. The Bertz CT molecular complexity index is 630. The van der Waals surface area contributed by atoms with Crippen molar-refractivity contribution in [3.05, 3.63) is 69.2 Å². The summed E-state index contributed by atoms with van der Waals surface area (Å²) in [7, 11) is 0. The molecule has 0 aliphatic rings. The average molecular weight is 354 g/mol. The number of hydrogen-bond donors (Lipinski definition) is 0. The zero-order chi connectivity index (χ0) is 14.2. The normalized spacial score (nSPS) is 12.5. The number of benzene rings is 2. The van der Waals surface area contributed by atoms with Crippen LogP contribution in [0.15, 0.2) is 34.8 Å². The highest BCUT2D eigenvalue weighted by Crippen LogP contribution is 2.33. The monoisotopic (exact) mass is 352 g/mol. The fraction of sp³-hybridized carbons (Fsp3) is 0.0769. The van der Waals surface area contributed by atoms with Crippen LogP contribution < -0.4 is 0 Å². The molecule has 2 aromatic rings. The highest BCUT2D eigenvalue weighted by molar-refractivity contribution is 9.10. The molecule has 0 aliphatic heterocycles. The Hall–Kier alpha value is -1.07. The molecule has 6 heteroatoms. The Balaban J connectivity index is 2.46. The first kappa shape index (κ1) is 14.3. The lowest BCUT2D eigenvalue weighted by Gasteiger charge is -2.12. The van der Waals surface area contributed by atoms with E-state index in [-0.39, 0.29) is 10.0 Å². The maximum atomic E-state index is 13.6. The summed E-state index contributed by atoms with van der Waals surface area (Å²) in [5.41, 5.74) is 0.152. The third-order valence-electron chi connectivity index (χ3n) is 2.55. The molecule has 1 atom stereocenters. The maximum Gasteiger partial charge on any atom is 0.161 e. The van der Waals surface area contributed by atoms with Crippen LogP contribution in [0, 0.1) is 23.3 Å². The van der Waals surface area contributed by atoms with Crippen molar-refractivity contribution in [3.8, 4) is 0 Å². The van der Waals surface area contributed by atoms with Crippen LogP contribution in [0.4, 0.5) is 17.6 Å². The van der Waals surface area contributed by atoms with E-state index in [4.69, 9.17) is 11.6 Å². The molecular formula is C13H6BrClF4. The lowest BCUT2D eigenvalue weighted by molar-refractivity contribution is 0.490. The van der Waals surface area contributed by atoms with E-state index in [2.05, 4.69) is 15.9 Å². The lowest BCUT2D eigenvalue weighted by Crippen LogP contribution is -2.00. The molecule has 0 fully saturated rings. The van der Waals surface area contributed by atoms with Gasteiger partial charge in [-0.15, -0.1) is 11.6 Å². The van der Waals surface area contributed by atoms with Gasteiger partial charge in [0.15, 0.2) is 11.6 Å². The van der Waals surface area contributed by atoms with Crippen molar-refractivity contribution in [1.82, 2.24) is 0 Å². The van der Waals surface area contributed by atoms with Gasteiger partial charge in [-0.05, 0) is 39.7 Å². The van der Waals surface area contributed by atoms with Crippen LogP contribution in [-0.2, 0) is 0 Å². The number of alkyl halides is 1. The van der Waals surface area contributed by atoms with E-state index in [1.54, 1.807) is 0 Å². The summed E-state index contributed by atoms with van der Waals surface area (Å²) in [5, 5.41) is -1.05. The van der Waals surface area contributed by atoms with Crippen LogP contribution in [0.3, 0.4) is 0 Å². The third kappa shape index (κ3) is 2.92. The summed E-state index contributed by atoms with van der Waals surface area (Å²) in [6.07, 6.45) is 0. The van der Waals surface area contributed by atoms with E-state index in [1.807, 2.05) is 0 Å². The number of hydrogen-bond acceptors (Lipinski definition) is 0. The van der Waals surface area contributed by atoms with Crippen LogP contribution >= 0.6 is 27.5 Å². The van der Waals surface area contributed by atoms with E-state index >= 15 is 0 Å². The van der Waals surface area contributed by atoms with Crippen molar-refractivity contribution in [2.45, 2.75) is 5.38 Å². The summed E-state index contributed by atoms with van der Waals surface area (Å²) in [6.45, 7) is 0. The minimum Gasteiger partial charge on any atom is -0.207 e. The van der Waals surface area contributed by atoms with E-state index in [9.17, 15) is 17.6 Å². The molecule has 0 spiro atoms.